The summed E-state index contributed by atoms with van der Waals surface area (Å²) in [4.78, 5) is 24.1. The van der Waals surface area contributed by atoms with E-state index in [1.165, 1.54) is 0 Å². The number of hydrogen-bond donors (Lipinski definition) is 1. The van der Waals surface area contributed by atoms with Gasteiger partial charge in [0.25, 0.3) is 5.91 Å². The summed E-state index contributed by atoms with van der Waals surface area (Å²) >= 11 is 0. The third kappa shape index (κ3) is 2.32. The van der Waals surface area contributed by atoms with Crippen LogP contribution in [0.15, 0.2) is 60.7 Å². The van der Waals surface area contributed by atoms with Gasteiger partial charge in [0.2, 0.25) is 5.91 Å². The van der Waals surface area contributed by atoms with E-state index < -0.39 is 6.89 Å². The van der Waals surface area contributed by atoms with Crippen molar-refractivity contribution in [2.24, 2.45) is 0 Å². The standard InChI is InChI=1S/C18H18NO2P/c1-2-22(14-9-5-3-6-10-14,15-11-7-4-8-12-15)16-13-17(20)19-18(16)21/h3-12H,2,13H2,1H3,(H,19,20,21). The topological polar surface area (TPSA) is 46.2 Å². The van der Waals surface area contributed by atoms with E-state index in [9.17, 15) is 9.59 Å². The zero-order chi connectivity index (χ0) is 15.6. The molecule has 2 amide bonds. The summed E-state index contributed by atoms with van der Waals surface area (Å²) in [5.74, 6) is -0.391. The Labute approximate surface area is 130 Å². The minimum absolute atomic E-state index is 0.190. The molecule has 3 rings (SSSR count). The second kappa shape index (κ2) is 5.94. The number of benzene rings is 2. The fraction of sp³-hybridized carbons (Fsp3) is 0.167. The molecule has 112 valence electrons. The van der Waals surface area contributed by atoms with Gasteiger partial charge in [-0.15, -0.1) is 0 Å². The van der Waals surface area contributed by atoms with Crippen molar-refractivity contribution in [3.05, 3.63) is 60.7 Å². The lowest BCUT2D eigenvalue weighted by Crippen LogP contribution is -2.29. The van der Waals surface area contributed by atoms with Gasteiger partial charge in [0.05, 0.1) is 6.42 Å². The van der Waals surface area contributed by atoms with E-state index in [0.717, 1.165) is 22.1 Å². The maximum absolute atomic E-state index is 12.4. The van der Waals surface area contributed by atoms with E-state index in [-0.39, 0.29) is 18.2 Å². The maximum atomic E-state index is 12.4. The number of amides is 2. The van der Waals surface area contributed by atoms with Crippen LogP contribution >= 0.6 is 6.89 Å². The van der Waals surface area contributed by atoms with Crippen molar-refractivity contribution in [2.45, 2.75) is 13.3 Å². The molecule has 1 saturated heterocycles. The van der Waals surface area contributed by atoms with Gasteiger partial charge in [0.1, 0.15) is 0 Å². The second-order valence-corrected chi connectivity index (χ2v) is 9.12. The SMILES string of the molecule is CCP(=C1CC(=O)NC1=O)(c1ccccc1)c1ccccc1. The lowest BCUT2D eigenvalue weighted by atomic mass is 10.3. The molecular weight excluding hydrogens is 293 g/mol. The molecule has 0 aliphatic carbocycles. The van der Waals surface area contributed by atoms with Crippen LogP contribution in [0.4, 0.5) is 0 Å². The van der Waals surface area contributed by atoms with Gasteiger partial charge in [-0.3, -0.25) is 14.9 Å². The van der Waals surface area contributed by atoms with E-state index in [1.807, 2.05) is 36.4 Å². The molecule has 0 radical (unpaired) electrons. The minimum Gasteiger partial charge on any atom is -0.292 e. The highest BCUT2D eigenvalue weighted by Gasteiger charge is 2.35. The average molecular weight is 311 g/mol. The molecule has 1 fully saturated rings. The average Bonchev–Trinajstić information content (AvgIpc) is 2.90. The number of carbonyl (C=O) groups is 2. The van der Waals surface area contributed by atoms with E-state index in [4.69, 9.17) is 0 Å². The first-order valence-electron chi connectivity index (χ1n) is 7.38. The number of imide groups is 1. The van der Waals surface area contributed by atoms with Crippen molar-refractivity contribution in [3.63, 3.8) is 0 Å². The maximum Gasteiger partial charge on any atom is 0.255 e. The van der Waals surface area contributed by atoms with Crippen LogP contribution in [0.2, 0.25) is 0 Å². The Kier molecular flexibility index (Phi) is 4.00. The number of rotatable bonds is 3. The Morgan fingerprint density at radius 3 is 1.77 bits per heavy atom. The lowest BCUT2D eigenvalue weighted by molar-refractivity contribution is -0.123. The first-order valence-corrected chi connectivity index (χ1v) is 9.35. The zero-order valence-corrected chi connectivity index (χ0v) is 13.3. The van der Waals surface area contributed by atoms with Gasteiger partial charge < -0.3 is 0 Å². The molecule has 1 N–H and O–H groups in total. The molecular formula is C18H18NO2P. The molecule has 1 heterocycles. The van der Waals surface area contributed by atoms with Crippen molar-refractivity contribution >= 4 is 34.6 Å². The van der Waals surface area contributed by atoms with E-state index in [0.29, 0.717) is 0 Å². The molecule has 1 aliphatic rings. The van der Waals surface area contributed by atoms with Crippen molar-refractivity contribution < 1.29 is 9.59 Å². The highest BCUT2D eigenvalue weighted by Crippen LogP contribution is 2.48. The quantitative estimate of drug-likeness (QED) is 0.695. The highest BCUT2D eigenvalue weighted by molar-refractivity contribution is 7.90. The van der Waals surface area contributed by atoms with Crippen molar-refractivity contribution in [1.29, 1.82) is 0 Å². The summed E-state index contributed by atoms with van der Waals surface area (Å²) in [7, 11) is 0. The van der Waals surface area contributed by atoms with Crippen LogP contribution in [-0.2, 0) is 9.59 Å². The van der Waals surface area contributed by atoms with E-state index in [1.54, 1.807) is 0 Å². The first kappa shape index (κ1) is 14.8. The normalized spacial score (nSPS) is 15.0. The summed E-state index contributed by atoms with van der Waals surface area (Å²) in [6.45, 7) is 0.0689. The van der Waals surface area contributed by atoms with Crippen LogP contribution in [-0.4, -0.2) is 23.3 Å². The van der Waals surface area contributed by atoms with Gasteiger partial charge >= 0.3 is 0 Å². The molecule has 2 aromatic rings. The predicted octanol–water partition coefficient (Wildman–Crippen LogP) is 1.89. The van der Waals surface area contributed by atoms with E-state index >= 15 is 0 Å². The molecule has 0 bridgehead atoms. The van der Waals surface area contributed by atoms with Crippen LogP contribution in [0, 0.1) is 0 Å². The van der Waals surface area contributed by atoms with E-state index in [2.05, 4.69) is 36.5 Å². The Bertz CT molecular complexity index is 723. The van der Waals surface area contributed by atoms with Gasteiger partial charge in [-0.2, -0.15) is 0 Å². The van der Waals surface area contributed by atoms with Crippen LogP contribution < -0.4 is 15.9 Å². The Morgan fingerprint density at radius 1 is 0.909 bits per heavy atom. The first-order chi connectivity index (χ1) is 10.7. The predicted molar refractivity (Wildman–Crippen MR) is 92.4 cm³/mol. The molecule has 22 heavy (non-hydrogen) atoms. The van der Waals surface area contributed by atoms with Gasteiger partial charge in [-0.05, 0) is 23.7 Å². The van der Waals surface area contributed by atoms with Crippen LogP contribution in [0.3, 0.4) is 0 Å². The number of nitrogens with one attached hydrogen (secondary N) is 1. The summed E-state index contributed by atoms with van der Waals surface area (Å²) in [5, 5.41) is 5.52. The van der Waals surface area contributed by atoms with Crippen molar-refractivity contribution in [1.82, 2.24) is 5.32 Å². The molecule has 3 nitrogen and oxygen atoms in total. The molecule has 4 heteroatoms. The molecule has 0 unspecified atom stereocenters. The Morgan fingerprint density at radius 2 is 1.41 bits per heavy atom. The second-order valence-electron chi connectivity index (χ2n) is 5.30. The van der Waals surface area contributed by atoms with Gasteiger partial charge in [-0.1, -0.05) is 67.6 Å². The smallest absolute Gasteiger partial charge is 0.255 e. The van der Waals surface area contributed by atoms with Gasteiger partial charge in [0.15, 0.2) is 0 Å². The van der Waals surface area contributed by atoms with Crippen molar-refractivity contribution in [2.75, 3.05) is 6.16 Å². The van der Waals surface area contributed by atoms with Gasteiger partial charge in [-0.25, -0.2) is 0 Å². The molecule has 0 saturated carbocycles. The van der Waals surface area contributed by atoms with Crippen LogP contribution in [0.5, 0.6) is 0 Å². The molecule has 1 aliphatic heterocycles. The highest BCUT2D eigenvalue weighted by atomic mass is 31.2. The summed E-state index contributed by atoms with van der Waals surface area (Å²) in [5.41, 5.74) is 0. The molecule has 2 aromatic carbocycles. The van der Waals surface area contributed by atoms with Gasteiger partial charge in [0, 0.05) is 5.29 Å². The Hall–Kier alpha value is -2.12. The third-order valence-electron chi connectivity index (χ3n) is 4.17. The number of carbonyl (C=O) groups excluding carboxylic acids is 2. The lowest BCUT2D eigenvalue weighted by Gasteiger charge is -2.28. The Balaban J connectivity index is 2.39. The summed E-state index contributed by atoms with van der Waals surface area (Å²) in [6.07, 6.45) is 1.04. The zero-order valence-electron chi connectivity index (χ0n) is 12.5. The van der Waals surface area contributed by atoms with Crippen LogP contribution in [0.25, 0.3) is 0 Å². The third-order valence-corrected chi connectivity index (χ3v) is 8.76. The minimum atomic E-state index is -2.04. The molecule has 0 atom stereocenters. The van der Waals surface area contributed by atoms with Crippen LogP contribution in [0.1, 0.15) is 13.3 Å². The fourth-order valence-electron chi connectivity index (χ4n) is 3.17. The molecule has 0 spiro atoms. The van der Waals surface area contributed by atoms with Crippen molar-refractivity contribution in [3.8, 4) is 0 Å². The largest absolute Gasteiger partial charge is 0.292 e. The fourth-order valence-corrected chi connectivity index (χ4v) is 7.38. The monoisotopic (exact) mass is 311 g/mol. The number of hydrogen-bond acceptors (Lipinski definition) is 2. The summed E-state index contributed by atoms with van der Waals surface area (Å²) in [6, 6.07) is 20.2. The summed E-state index contributed by atoms with van der Waals surface area (Å²) < 4.78 is 0. The molecule has 0 aromatic heterocycles.